The Balaban J connectivity index is 1.51. The molecule has 2 aromatic rings. The predicted molar refractivity (Wildman–Crippen MR) is 78.7 cm³/mol. The van der Waals surface area contributed by atoms with E-state index in [0.717, 1.165) is 19.0 Å². The van der Waals surface area contributed by atoms with Gasteiger partial charge in [-0.3, -0.25) is 4.90 Å². The van der Waals surface area contributed by atoms with Gasteiger partial charge in [0.05, 0.1) is 6.54 Å². The van der Waals surface area contributed by atoms with Crippen molar-refractivity contribution >= 4 is 0 Å². The number of rotatable bonds is 5. The van der Waals surface area contributed by atoms with Gasteiger partial charge in [0.25, 0.3) is 0 Å². The highest BCUT2D eigenvalue weighted by molar-refractivity contribution is 5.22. The van der Waals surface area contributed by atoms with E-state index in [1.165, 1.54) is 25.0 Å². The molecule has 0 aliphatic carbocycles. The number of hydrogen-bond donors (Lipinski definition) is 0. The molecule has 3 rings (SSSR count). The number of halogens is 1. The fourth-order valence-corrected chi connectivity index (χ4v) is 2.71. The highest BCUT2D eigenvalue weighted by Crippen LogP contribution is 2.17. The van der Waals surface area contributed by atoms with Crippen LogP contribution in [0.3, 0.4) is 0 Å². The van der Waals surface area contributed by atoms with Crippen molar-refractivity contribution in [2.45, 2.75) is 32.9 Å². The lowest BCUT2D eigenvalue weighted by molar-refractivity contribution is 0.157. The number of aromatic nitrogens is 2. The normalized spacial score (nSPS) is 19.3. The number of ether oxygens (including phenoxy) is 1. The third kappa shape index (κ3) is 4.04. The summed E-state index contributed by atoms with van der Waals surface area (Å²) in [6.45, 7) is 5.32. The van der Waals surface area contributed by atoms with E-state index < -0.39 is 0 Å². The molecule has 118 valence electrons. The molecule has 1 aliphatic rings. The molecule has 1 saturated heterocycles. The summed E-state index contributed by atoms with van der Waals surface area (Å²) in [6.07, 6.45) is 2.51. The molecule has 1 aromatic heterocycles. The largest absolute Gasteiger partial charge is 0.485 e. The van der Waals surface area contributed by atoms with Gasteiger partial charge in [0.2, 0.25) is 11.7 Å². The summed E-state index contributed by atoms with van der Waals surface area (Å²) in [5.74, 6) is 2.14. The molecule has 0 bridgehead atoms. The van der Waals surface area contributed by atoms with Gasteiger partial charge < -0.3 is 9.26 Å². The van der Waals surface area contributed by atoms with Crippen LogP contribution in [-0.2, 0) is 13.2 Å². The SMILES string of the molecule is CC1CCCN(Cc2nc(COc3ccc(F)cc3)no2)C1. The molecule has 1 aliphatic heterocycles. The second-order valence-corrected chi connectivity index (χ2v) is 5.83. The van der Waals surface area contributed by atoms with Crippen LogP contribution in [0.15, 0.2) is 28.8 Å². The van der Waals surface area contributed by atoms with Crippen molar-refractivity contribution in [3.05, 3.63) is 41.8 Å². The molecule has 1 unspecified atom stereocenters. The maximum atomic E-state index is 12.8. The van der Waals surface area contributed by atoms with Crippen LogP contribution in [0.25, 0.3) is 0 Å². The van der Waals surface area contributed by atoms with Crippen LogP contribution in [-0.4, -0.2) is 28.1 Å². The third-order valence-electron chi connectivity index (χ3n) is 3.79. The maximum absolute atomic E-state index is 12.8. The molecular formula is C16H20FN3O2. The van der Waals surface area contributed by atoms with E-state index >= 15 is 0 Å². The molecule has 1 aromatic carbocycles. The van der Waals surface area contributed by atoms with Crippen molar-refractivity contribution < 1.29 is 13.7 Å². The van der Waals surface area contributed by atoms with Crippen LogP contribution in [0, 0.1) is 11.7 Å². The second kappa shape index (κ2) is 6.87. The van der Waals surface area contributed by atoms with Crippen molar-refractivity contribution in [3.8, 4) is 5.75 Å². The van der Waals surface area contributed by atoms with Crippen LogP contribution in [0.1, 0.15) is 31.5 Å². The van der Waals surface area contributed by atoms with Crippen molar-refractivity contribution in [1.82, 2.24) is 15.0 Å². The Morgan fingerprint density at radius 2 is 2.18 bits per heavy atom. The van der Waals surface area contributed by atoms with Crippen LogP contribution < -0.4 is 4.74 Å². The summed E-state index contributed by atoms with van der Waals surface area (Å²) in [4.78, 5) is 6.68. The van der Waals surface area contributed by atoms with Gasteiger partial charge in [0, 0.05) is 6.54 Å². The highest BCUT2D eigenvalue weighted by atomic mass is 19.1. The molecule has 0 amide bonds. The first-order valence-corrected chi connectivity index (χ1v) is 7.61. The van der Waals surface area contributed by atoms with Crippen LogP contribution >= 0.6 is 0 Å². The summed E-state index contributed by atoms with van der Waals surface area (Å²) in [7, 11) is 0. The Labute approximate surface area is 129 Å². The zero-order chi connectivity index (χ0) is 15.4. The van der Waals surface area contributed by atoms with E-state index in [0.29, 0.717) is 24.0 Å². The number of likely N-dealkylation sites (tertiary alicyclic amines) is 1. The van der Waals surface area contributed by atoms with Gasteiger partial charge >= 0.3 is 0 Å². The molecule has 0 saturated carbocycles. The average Bonchev–Trinajstić information content (AvgIpc) is 2.94. The molecule has 5 nitrogen and oxygen atoms in total. The third-order valence-corrected chi connectivity index (χ3v) is 3.79. The zero-order valence-corrected chi connectivity index (χ0v) is 12.7. The first-order valence-electron chi connectivity index (χ1n) is 7.61. The minimum atomic E-state index is -0.287. The lowest BCUT2D eigenvalue weighted by atomic mass is 10.0. The Hall–Kier alpha value is -1.95. The fourth-order valence-electron chi connectivity index (χ4n) is 2.71. The fraction of sp³-hybridized carbons (Fsp3) is 0.500. The van der Waals surface area contributed by atoms with Gasteiger partial charge in [-0.1, -0.05) is 12.1 Å². The summed E-state index contributed by atoms with van der Waals surface area (Å²) < 4.78 is 23.6. The highest BCUT2D eigenvalue weighted by Gasteiger charge is 2.18. The van der Waals surface area contributed by atoms with Crippen molar-refractivity contribution in [2.24, 2.45) is 5.92 Å². The number of benzene rings is 1. The lowest BCUT2D eigenvalue weighted by Crippen LogP contribution is -2.33. The maximum Gasteiger partial charge on any atom is 0.240 e. The zero-order valence-electron chi connectivity index (χ0n) is 12.7. The van der Waals surface area contributed by atoms with E-state index in [4.69, 9.17) is 9.26 Å². The van der Waals surface area contributed by atoms with Gasteiger partial charge in [-0.15, -0.1) is 0 Å². The standard InChI is InChI=1S/C16H20FN3O2/c1-12-3-2-8-20(9-12)10-16-18-15(19-22-16)11-21-14-6-4-13(17)5-7-14/h4-7,12H,2-3,8-11H2,1H3. The Morgan fingerprint density at radius 1 is 1.36 bits per heavy atom. The minimum absolute atomic E-state index is 0.214. The molecule has 0 radical (unpaired) electrons. The van der Waals surface area contributed by atoms with Crippen LogP contribution in [0.5, 0.6) is 5.75 Å². The molecule has 0 N–H and O–H groups in total. The summed E-state index contributed by atoms with van der Waals surface area (Å²) in [6, 6.07) is 5.86. The summed E-state index contributed by atoms with van der Waals surface area (Å²) in [5, 5.41) is 3.92. The van der Waals surface area contributed by atoms with Crippen LogP contribution in [0.2, 0.25) is 0 Å². The molecule has 0 spiro atoms. The lowest BCUT2D eigenvalue weighted by Gasteiger charge is -2.29. The van der Waals surface area contributed by atoms with Crippen molar-refractivity contribution in [1.29, 1.82) is 0 Å². The van der Waals surface area contributed by atoms with Gasteiger partial charge in [-0.2, -0.15) is 4.98 Å². The Bertz CT molecular complexity index is 600. The smallest absolute Gasteiger partial charge is 0.240 e. The van der Waals surface area contributed by atoms with E-state index in [1.807, 2.05) is 0 Å². The van der Waals surface area contributed by atoms with E-state index in [2.05, 4.69) is 22.0 Å². The van der Waals surface area contributed by atoms with Crippen molar-refractivity contribution in [3.63, 3.8) is 0 Å². The Morgan fingerprint density at radius 3 is 2.95 bits per heavy atom. The topological polar surface area (TPSA) is 51.4 Å². The molecule has 1 fully saturated rings. The molecule has 6 heteroatoms. The van der Waals surface area contributed by atoms with E-state index in [1.54, 1.807) is 12.1 Å². The molecule has 2 heterocycles. The van der Waals surface area contributed by atoms with Crippen molar-refractivity contribution in [2.75, 3.05) is 13.1 Å². The monoisotopic (exact) mass is 305 g/mol. The average molecular weight is 305 g/mol. The number of hydrogen-bond acceptors (Lipinski definition) is 5. The molecular weight excluding hydrogens is 285 g/mol. The second-order valence-electron chi connectivity index (χ2n) is 5.83. The van der Waals surface area contributed by atoms with E-state index in [-0.39, 0.29) is 12.4 Å². The first kappa shape index (κ1) is 15.0. The van der Waals surface area contributed by atoms with Gasteiger partial charge in [-0.05, 0) is 49.6 Å². The Kier molecular flexibility index (Phi) is 4.68. The van der Waals surface area contributed by atoms with Gasteiger partial charge in [-0.25, -0.2) is 4.39 Å². The van der Waals surface area contributed by atoms with Crippen LogP contribution in [0.4, 0.5) is 4.39 Å². The van der Waals surface area contributed by atoms with Gasteiger partial charge in [0.15, 0.2) is 6.61 Å². The number of piperidine rings is 1. The first-order chi connectivity index (χ1) is 10.7. The summed E-state index contributed by atoms with van der Waals surface area (Å²) >= 11 is 0. The quantitative estimate of drug-likeness (QED) is 0.850. The predicted octanol–water partition coefficient (Wildman–Crippen LogP) is 3.02. The number of nitrogens with zero attached hydrogens (tertiary/aromatic N) is 3. The molecule has 1 atom stereocenters. The van der Waals surface area contributed by atoms with E-state index in [9.17, 15) is 4.39 Å². The minimum Gasteiger partial charge on any atom is -0.485 e. The van der Waals surface area contributed by atoms with Gasteiger partial charge in [0.1, 0.15) is 11.6 Å². The molecule has 22 heavy (non-hydrogen) atoms. The summed E-state index contributed by atoms with van der Waals surface area (Å²) in [5.41, 5.74) is 0.